The number of carbonyl (C=O) groups is 1. The van der Waals surface area contributed by atoms with Crippen molar-refractivity contribution in [3.63, 3.8) is 0 Å². The first-order chi connectivity index (χ1) is 8.63. The third kappa shape index (κ3) is 2.27. The number of methoxy groups -OCH3 is 1. The number of nitro benzene ring substituents is 1. The number of nitrogens with zero attached hydrogens (tertiary/aromatic N) is 2. The van der Waals surface area contributed by atoms with Crippen LogP contribution in [-0.4, -0.2) is 36.1 Å². The predicted molar refractivity (Wildman–Crippen MR) is 64.5 cm³/mol. The summed E-state index contributed by atoms with van der Waals surface area (Å²) < 4.78 is 4.67. The molecule has 0 saturated carbocycles. The Hall–Kier alpha value is -2.11. The average Bonchev–Trinajstić information content (AvgIpc) is 2.59. The molecule has 0 saturated heterocycles. The van der Waals surface area contributed by atoms with Crippen molar-refractivity contribution in [2.75, 3.05) is 20.2 Å². The number of hydrogen-bond acceptors (Lipinski definition) is 4. The molecule has 1 aliphatic rings. The third-order valence-electron chi connectivity index (χ3n) is 3.16. The smallest absolute Gasteiger partial charge is 0.409 e. The maximum Gasteiger partial charge on any atom is 0.409 e. The van der Waals surface area contributed by atoms with Gasteiger partial charge < -0.3 is 9.64 Å². The Morgan fingerprint density at radius 3 is 2.78 bits per heavy atom. The van der Waals surface area contributed by atoms with Crippen LogP contribution in [0.5, 0.6) is 0 Å². The molecule has 0 N–H and O–H groups in total. The second kappa shape index (κ2) is 5.03. The minimum Gasteiger partial charge on any atom is -0.453 e. The van der Waals surface area contributed by atoms with E-state index in [1.54, 1.807) is 11.0 Å². The van der Waals surface area contributed by atoms with E-state index in [4.69, 9.17) is 0 Å². The highest BCUT2D eigenvalue weighted by Gasteiger charge is 2.23. The zero-order valence-electron chi connectivity index (χ0n) is 10.1. The van der Waals surface area contributed by atoms with Crippen molar-refractivity contribution < 1.29 is 14.5 Å². The van der Waals surface area contributed by atoms with E-state index < -0.39 is 0 Å². The number of amides is 1. The van der Waals surface area contributed by atoms with E-state index in [1.807, 2.05) is 6.07 Å². The van der Waals surface area contributed by atoms with Crippen molar-refractivity contribution in [1.82, 2.24) is 4.90 Å². The summed E-state index contributed by atoms with van der Waals surface area (Å²) in [5.41, 5.74) is 1.81. The fourth-order valence-electron chi connectivity index (χ4n) is 2.24. The maximum absolute atomic E-state index is 11.5. The van der Waals surface area contributed by atoms with Gasteiger partial charge in [0.1, 0.15) is 0 Å². The second-order valence-electron chi connectivity index (χ2n) is 4.13. The molecule has 0 aliphatic carbocycles. The predicted octanol–water partition coefficient (Wildman–Crippen LogP) is 1.76. The molecule has 1 heterocycles. The Morgan fingerprint density at radius 2 is 2.11 bits per heavy atom. The Morgan fingerprint density at radius 1 is 1.39 bits per heavy atom. The minimum atomic E-state index is -0.384. The van der Waals surface area contributed by atoms with Gasteiger partial charge in [0.2, 0.25) is 0 Å². The molecule has 18 heavy (non-hydrogen) atoms. The highest BCUT2D eigenvalue weighted by Crippen LogP contribution is 2.25. The molecule has 0 atom stereocenters. The Labute approximate surface area is 104 Å². The van der Waals surface area contributed by atoms with Crippen molar-refractivity contribution in [3.05, 3.63) is 39.4 Å². The summed E-state index contributed by atoms with van der Waals surface area (Å²) >= 11 is 0. The zero-order valence-corrected chi connectivity index (χ0v) is 10.1. The molecule has 0 spiro atoms. The van der Waals surface area contributed by atoms with E-state index in [2.05, 4.69) is 4.74 Å². The standard InChI is InChI=1S/C12H14N2O4/c1-18-12(15)13-7-5-9-3-2-4-11(14(16)17)10(9)6-8-13/h2-4H,5-8H2,1H3. The lowest BCUT2D eigenvalue weighted by atomic mass is 10.0. The molecule has 0 bridgehead atoms. The van der Waals surface area contributed by atoms with E-state index in [0.29, 0.717) is 25.9 Å². The Balaban J connectivity index is 2.27. The quantitative estimate of drug-likeness (QED) is 0.562. The van der Waals surface area contributed by atoms with Gasteiger partial charge in [-0.2, -0.15) is 0 Å². The summed E-state index contributed by atoms with van der Waals surface area (Å²) in [5.74, 6) is 0. The zero-order chi connectivity index (χ0) is 13.1. The maximum atomic E-state index is 11.5. The van der Waals surface area contributed by atoms with Gasteiger partial charge in [0.25, 0.3) is 5.69 Å². The summed E-state index contributed by atoms with van der Waals surface area (Å²) in [6, 6.07) is 5.07. The monoisotopic (exact) mass is 250 g/mol. The summed E-state index contributed by atoms with van der Waals surface area (Å²) in [7, 11) is 1.34. The van der Waals surface area contributed by atoms with Crippen LogP contribution >= 0.6 is 0 Å². The average molecular weight is 250 g/mol. The Bertz CT molecular complexity index is 487. The first-order valence-corrected chi connectivity index (χ1v) is 5.71. The summed E-state index contributed by atoms with van der Waals surface area (Å²) in [5, 5.41) is 11.0. The van der Waals surface area contributed by atoms with Gasteiger partial charge in [0, 0.05) is 24.7 Å². The van der Waals surface area contributed by atoms with Gasteiger partial charge in [-0.1, -0.05) is 12.1 Å². The fourth-order valence-corrected chi connectivity index (χ4v) is 2.24. The van der Waals surface area contributed by atoms with Gasteiger partial charge in [-0.3, -0.25) is 10.1 Å². The van der Waals surface area contributed by atoms with E-state index >= 15 is 0 Å². The van der Waals surface area contributed by atoms with Crippen molar-refractivity contribution in [3.8, 4) is 0 Å². The van der Waals surface area contributed by atoms with Crippen LogP contribution in [0.4, 0.5) is 10.5 Å². The molecule has 0 aromatic heterocycles. The van der Waals surface area contributed by atoms with Gasteiger partial charge in [-0.05, 0) is 18.4 Å². The SMILES string of the molecule is COC(=O)N1CCc2cccc([N+](=O)[O-])c2CC1. The van der Waals surface area contributed by atoms with Gasteiger partial charge >= 0.3 is 6.09 Å². The summed E-state index contributed by atoms with van der Waals surface area (Å²) in [4.78, 5) is 23.6. The van der Waals surface area contributed by atoms with E-state index in [-0.39, 0.29) is 16.7 Å². The molecule has 96 valence electrons. The molecule has 1 aliphatic heterocycles. The topological polar surface area (TPSA) is 72.7 Å². The first-order valence-electron chi connectivity index (χ1n) is 5.71. The second-order valence-corrected chi connectivity index (χ2v) is 4.13. The van der Waals surface area contributed by atoms with Crippen LogP contribution in [0.2, 0.25) is 0 Å². The fraction of sp³-hybridized carbons (Fsp3) is 0.417. The molecule has 6 nitrogen and oxygen atoms in total. The molecular formula is C12H14N2O4. The molecule has 0 fully saturated rings. The van der Waals surface area contributed by atoms with Crippen molar-refractivity contribution in [2.24, 2.45) is 0 Å². The minimum absolute atomic E-state index is 0.138. The normalized spacial score (nSPS) is 14.6. The molecule has 1 amide bonds. The number of hydrogen-bond donors (Lipinski definition) is 0. The van der Waals surface area contributed by atoms with Crippen LogP contribution in [0.3, 0.4) is 0 Å². The lowest BCUT2D eigenvalue weighted by Gasteiger charge is -2.17. The molecule has 0 unspecified atom stereocenters. The van der Waals surface area contributed by atoms with Gasteiger partial charge in [-0.25, -0.2) is 4.79 Å². The summed E-state index contributed by atoms with van der Waals surface area (Å²) in [6.07, 6.45) is 0.721. The lowest BCUT2D eigenvalue weighted by Crippen LogP contribution is -2.33. The van der Waals surface area contributed by atoms with Crippen LogP contribution in [0.25, 0.3) is 0 Å². The van der Waals surface area contributed by atoms with Gasteiger partial charge in [0.05, 0.1) is 12.0 Å². The van der Waals surface area contributed by atoms with Crippen LogP contribution in [0.1, 0.15) is 11.1 Å². The van der Waals surface area contributed by atoms with E-state index in [0.717, 1.165) is 11.1 Å². The molecular weight excluding hydrogens is 236 g/mol. The molecule has 0 radical (unpaired) electrons. The highest BCUT2D eigenvalue weighted by atomic mass is 16.6. The lowest BCUT2D eigenvalue weighted by molar-refractivity contribution is -0.385. The summed E-state index contributed by atoms with van der Waals surface area (Å²) in [6.45, 7) is 0.978. The molecule has 1 aromatic rings. The number of nitro groups is 1. The third-order valence-corrected chi connectivity index (χ3v) is 3.16. The largest absolute Gasteiger partial charge is 0.453 e. The number of benzene rings is 1. The van der Waals surface area contributed by atoms with Crippen LogP contribution in [-0.2, 0) is 17.6 Å². The van der Waals surface area contributed by atoms with Crippen molar-refractivity contribution >= 4 is 11.8 Å². The number of fused-ring (bicyclic) bond motifs is 1. The van der Waals surface area contributed by atoms with Crippen LogP contribution in [0.15, 0.2) is 18.2 Å². The molecule has 6 heteroatoms. The van der Waals surface area contributed by atoms with E-state index in [1.165, 1.54) is 13.2 Å². The number of carbonyl (C=O) groups excluding carboxylic acids is 1. The number of rotatable bonds is 1. The van der Waals surface area contributed by atoms with E-state index in [9.17, 15) is 14.9 Å². The van der Waals surface area contributed by atoms with Crippen molar-refractivity contribution in [1.29, 1.82) is 0 Å². The molecule has 1 aromatic carbocycles. The van der Waals surface area contributed by atoms with Crippen LogP contribution in [0, 0.1) is 10.1 Å². The highest BCUT2D eigenvalue weighted by molar-refractivity contribution is 5.67. The van der Waals surface area contributed by atoms with Gasteiger partial charge in [0.15, 0.2) is 0 Å². The molecule has 2 rings (SSSR count). The Kier molecular flexibility index (Phi) is 3.45. The number of ether oxygens (including phenoxy) is 1. The van der Waals surface area contributed by atoms with Crippen LogP contribution < -0.4 is 0 Å². The van der Waals surface area contributed by atoms with Crippen molar-refractivity contribution in [2.45, 2.75) is 12.8 Å². The van der Waals surface area contributed by atoms with Gasteiger partial charge in [-0.15, -0.1) is 0 Å². The first kappa shape index (κ1) is 12.3.